The molecule has 0 heterocycles. The van der Waals surface area contributed by atoms with Gasteiger partial charge < -0.3 is 4.55 Å². The van der Waals surface area contributed by atoms with Crippen LogP contribution in [-0.4, -0.2) is 17.5 Å². The van der Waals surface area contributed by atoms with Gasteiger partial charge in [0.1, 0.15) is 0 Å². The molecular weight excluding hydrogens is 128 g/mol. The van der Waals surface area contributed by atoms with Crippen molar-refractivity contribution in [1.29, 1.82) is 0 Å². The van der Waals surface area contributed by atoms with Crippen molar-refractivity contribution < 1.29 is 17.5 Å². The molecule has 4 nitrogen and oxygen atoms in total. The molecule has 0 aliphatic rings. The van der Waals surface area contributed by atoms with Gasteiger partial charge in [-0.3, -0.25) is 8.76 Å². The smallest absolute Gasteiger partial charge is 0.233 e. The summed E-state index contributed by atoms with van der Waals surface area (Å²) in [6.07, 6.45) is 0. The third-order valence-electron chi connectivity index (χ3n) is 0.116. The fourth-order valence-electron chi connectivity index (χ4n) is 0. The fraction of sp³-hybridized carbons (Fsp3) is 0. The van der Waals surface area contributed by atoms with Crippen LogP contribution in [0.3, 0.4) is 0 Å². The molecule has 0 bridgehead atoms. The summed E-state index contributed by atoms with van der Waals surface area (Å²) in [6.45, 7) is 0. The van der Waals surface area contributed by atoms with Crippen molar-refractivity contribution in [2.75, 3.05) is 0 Å². The predicted octanol–water partition coefficient (Wildman–Crippen LogP) is -0.998. The van der Waals surface area contributed by atoms with Crippen molar-refractivity contribution in [3.05, 3.63) is 0 Å². The van der Waals surface area contributed by atoms with Crippen LogP contribution >= 0.6 is 0 Å². The van der Waals surface area contributed by atoms with E-state index in [9.17, 15) is 4.21 Å². The standard InChI is InChI=1S/H2O4S2/c1-5(2)6(3)4/h(H,1,2)(H,3,4)/p-1. The molecule has 0 aromatic heterocycles. The summed E-state index contributed by atoms with van der Waals surface area (Å²) >= 11 is 0. The minimum Gasteiger partial charge on any atom is -0.760 e. The highest BCUT2D eigenvalue weighted by Gasteiger charge is 1.83. The Balaban J connectivity index is 3.57. The highest BCUT2D eigenvalue weighted by Crippen LogP contribution is 1.73. The number of rotatable bonds is 1. The molecule has 0 radical (unpaired) electrons. The monoisotopic (exact) mass is 129 g/mol. The lowest BCUT2D eigenvalue weighted by Crippen LogP contribution is -1.93. The molecule has 0 aliphatic carbocycles. The van der Waals surface area contributed by atoms with Crippen LogP contribution in [0.5, 0.6) is 0 Å². The van der Waals surface area contributed by atoms with E-state index in [-0.39, 0.29) is 0 Å². The summed E-state index contributed by atoms with van der Waals surface area (Å²) in [5, 5.41) is 0. The summed E-state index contributed by atoms with van der Waals surface area (Å²) in [5.74, 6) is 0. The first-order valence-corrected chi connectivity index (χ1v) is 3.55. The van der Waals surface area contributed by atoms with Gasteiger partial charge in [-0.15, -0.1) is 0 Å². The normalized spacial score (nSPS) is 19.7. The second-order valence-corrected chi connectivity index (χ2v) is 2.94. The summed E-state index contributed by atoms with van der Waals surface area (Å²) in [5.41, 5.74) is 0. The Morgan fingerprint density at radius 3 is 1.67 bits per heavy atom. The molecule has 0 fully saturated rings. The Morgan fingerprint density at radius 2 is 1.67 bits per heavy atom. The van der Waals surface area contributed by atoms with Crippen LogP contribution in [0, 0.1) is 0 Å². The first-order chi connectivity index (χ1) is 2.64. The SMILES string of the molecule is O=S([O-])S(=O)O. The van der Waals surface area contributed by atoms with Gasteiger partial charge in [0.05, 0.1) is 10.1 Å². The Morgan fingerprint density at radius 1 is 1.50 bits per heavy atom. The number of hydrogen-bond donors (Lipinski definition) is 1. The molecule has 1 N–H and O–H groups in total. The zero-order chi connectivity index (χ0) is 5.15. The van der Waals surface area contributed by atoms with Gasteiger partial charge in [-0.05, 0) is 0 Å². The van der Waals surface area contributed by atoms with Crippen LogP contribution in [0.25, 0.3) is 0 Å². The largest absolute Gasteiger partial charge is 0.760 e. The zero-order valence-corrected chi connectivity index (χ0v) is 4.12. The summed E-state index contributed by atoms with van der Waals surface area (Å²) in [6, 6.07) is 0. The van der Waals surface area contributed by atoms with Crippen molar-refractivity contribution in [2.45, 2.75) is 0 Å². The maximum absolute atomic E-state index is 9.20. The lowest BCUT2D eigenvalue weighted by Gasteiger charge is -1.91. The molecule has 0 saturated carbocycles. The zero-order valence-electron chi connectivity index (χ0n) is 2.49. The van der Waals surface area contributed by atoms with Gasteiger partial charge in [-0.25, -0.2) is 4.21 Å². The van der Waals surface area contributed by atoms with Crippen LogP contribution in [0.2, 0.25) is 0 Å². The Bertz CT molecular complexity index is 71.5. The average Bonchev–Trinajstić information content (AvgIpc) is 1.36. The van der Waals surface area contributed by atoms with Gasteiger partial charge in [0.15, 0.2) is 0 Å². The van der Waals surface area contributed by atoms with Crippen molar-refractivity contribution in [3.8, 4) is 0 Å². The van der Waals surface area contributed by atoms with E-state index >= 15 is 0 Å². The molecule has 0 aliphatic heterocycles. The topological polar surface area (TPSA) is 77.4 Å². The molecule has 38 valence electrons. The Hall–Kier alpha value is 0.220. The summed E-state index contributed by atoms with van der Waals surface area (Å²) < 4.78 is 35.0. The molecule has 6 heteroatoms. The maximum Gasteiger partial charge on any atom is 0.233 e. The van der Waals surface area contributed by atoms with Gasteiger partial charge in [0, 0.05) is 0 Å². The predicted molar refractivity (Wildman–Crippen MR) is 19.7 cm³/mol. The highest BCUT2D eigenvalue weighted by molar-refractivity contribution is 8.56. The lowest BCUT2D eigenvalue weighted by molar-refractivity contribution is 0.531. The molecule has 0 spiro atoms. The summed E-state index contributed by atoms with van der Waals surface area (Å²) in [4.78, 5) is 0. The molecule has 6 heavy (non-hydrogen) atoms. The second-order valence-electron chi connectivity index (χ2n) is 0.421. The number of hydrogen-bond acceptors (Lipinski definition) is 3. The van der Waals surface area contributed by atoms with Crippen LogP contribution in [0.4, 0.5) is 0 Å². The molecule has 0 amide bonds. The Kier molecular flexibility index (Phi) is 2.49. The molecule has 0 aromatic carbocycles. The summed E-state index contributed by atoms with van der Waals surface area (Å²) in [7, 11) is -5.54. The minimum atomic E-state index is -2.84. The van der Waals surface area contributed by atoms with Crippen molar-refractivity contribution in [1.82, 2.24) is 0 Å². The van der Waals surface area contributed by atoms with E-state index < -0.39 is 20.2 Å². The molecule has 2 unspecified atom stereocenters. The van der Waals surface area contributed by atoms with E-state index in [2.05, 4.69) is 0 Å². The van der Waals surface area contributed by atoms with Gasteiger partial charge in [-0.2, -0.15) is 0 Å². The van der Waals surface area contributed by atoms with Crippen LogP contribution < -0.4 is 0 Å². The molecule has 0 saturated heterocycles. The first-order valence-electron chi connectivity index (χ1n) is 0.849. The van der Waals surface area contributed by atoms with E-state index in [1.807, 2.05) is 0 Å². The van der Waals surface area contributed by atoms with Crippen molar-refractivity contribution in [3.63, 3.8) is 0 Å². The van der Waals surface area contributed by atoms with Crippen LogP contribution in [0.15, 0.2) is 0 Å². The van der Waals surface area contributed by atoms with Gasteiger partial charge in [0.2, 0.25) is 10.1 Å². The van der Waals surface area contributed by atoms with Crippen molar-refractivity contribution in [2.24, 2.45) is 0 Å². The fourth-order valence-corrected chi connectivity index (χ4v) is 0. The maximum atomic E-state index is 9.20. The third-order valence-corrected chi connectivity index (χ3v) is 1.05. The average molecular weight is 129 g/mol. The van der Waals surface area contributed by atoms with E-state index in [0.717, 1.165) is 0 Å². The molecule has 2 atom stereocenters. The van der Waals surface area contributed by atoms with Crippen LogP contribution in [0.1, 0.15) is 0 Å². The minimum absolute atomic E-state index is 2.70. The van der Waals surface area contributed by atoms with Crippen molar-refractivity contribution >= 4 is 20.2 Å². The van der Waals surface area contributed by atoms with Gasteiger partial charge in [0.25, 0.3) is 0 Å². The first kappa shape index (κ1) is 6.22. The molecule has 0 rings (SSSR count). The van der Waals surface area contributed by atoms with E-state index in [4.69, 9.17) is 13.3 Å². The quantitative estimate of drug-likeness (QED) is 0.364. The molecule has 0 aromatic rings. The molecular formula is HO4S2-. The van der Waals surface area contributed by atoms with E-state index in [0.29, 0.717) is 0 Å². The van der Waals surface area contributed by atoms with Gasteiger partial charge >= 0.3 is 0 Å². The van der Waals surface area contributed by atoms with Gasteiger partial charge in [-0.1, -0.05) is 0 Å². The van der Waals surface area contributed by atoms with Crippen LogP contribution in [-0.2, 0) is 20.2 Å². The third kappa shape index (κ3) is 2.46. The van der Waals surface area contributed by atoms with E-state index in [1.165, 1.54) is 0 Å². The van der Waals surface area contributed by atoms with E-state index in [1.54, 1.807) is 0 Å². The second kappa shape index (κ2) is 2.40. The Labute approximate surface area is 38.5 Å². The lowest BCUT2D eigenvalue weighted by atomic mass is 15.9. The highest BCUT2D eigenvalue weighted by atomic mass is 33.2.